The van der Waals surface area contributed by atoms with Crippen LogP contribution in [0.5, 0.6) is 0 Å². The Balaban J connectivity index is 3.65. The van der Waals surface area contributed by atoms with Gasteiger partial charge in [-0.25, -0.2) is 4.99 Å². The van der Waals surface area contributed by atoms with Crippen molar-refractivity contribution in [1.82, 2.24) is 0 Å². The second-order valence-corrected chi connectivity index (χ2v) is 7.99. The van der Waals surface area contributed by atoms with Crippen LogP contribution in [0.4, 0.5) is 0 Å². The van der Waals surface area contributed by atoms with Crippen LogP contribution < -0.4 is 0 Å². The van der Waals surface area contributed by atoms with E-state index in [-0.39, 0.29) is 5.92 Å². The second-order valence-electron chi connectivity index (χ2n) is 7.80. The summed E-state index contributed by atoms with van der Waals surface area (Å²) in [5.41, 5.74) is 0. The first-order chi connectivity index (χ1) is 12.6. The maximum absolute atomic E-state index is 11.4. The Hall–Kier alpha value is -0.730. The fraction of sp³-hybridized carbons (Fsp3) is 0.909. The lowest BCUT2D eigenvalue weighted by atomic mass is 9.90. The van der Waals surface area contributed by atoms with Crippen molar-refractivity contribution in [2.75, 3.05) is 6.54 Å². The average molecular weight is 384 g/mol. The van der Waals surface area contributed by atoms with Crippen LogP contribution >= 0.6 is 12.2 Å². The molecule has 0 aromatic carbocycles. The van der Waals surface area contributed by atoms with E-state index >= 15 is 0 Å². The predicted octanol–water partition coefficient (Wildman–Crippen LogP) is 7.30. The van der Waals surface area contributed by atoms with E-state index in [1.165, 1.54) is 64.2 Å². The van der Waals surface area contributed by atoms with Crippen LogP contribution in [0.1, 0.15) is 110 Å². The van der Waals surface area contributed by atoms with Crippen LogP contribution in [-0.2, 0) is 4.79 Å². The summed E-state index contributed by atoms with van der Waals surface area (Å²) in [7, 11) is 0. The van der Waals surface area contributed by atoms with E-state index in [2.05, 4.69) is 36.2 Å². The quantitative estimate of drug-likeness (QED) is 0.145. The Morgan fingerprint density at radius 2 is 1.46 bits per heavy atom. The van der Waals surface area contributed by atoms with Crippen molar-refractivity contribution in [3.05, 3.63) is 0 Å². The van der Waals surface area contributed by atoms with E-state index in [0.29, 0.717) is 12.5 Å². The number of thiocarbonyl (C=S) groups is 1. The SMILES string of the molecule is CCCCCCCCCCCC(C)CCC(CCCCN=C=S)C(=O)O. The zero-order valence-corrected chi connectivity index (χ0v) is 18.0. The van der Waals surface area contributed by atoms with E-state index in [9.17, 15) is 9.90 Å². The molecule has 0 aliphatic carbocycles. The van der Waals surface area contributed by atoms with Gasteiger partial charge in [0.25, 0.3) is 0 Å². The van der Waals surface area contributed by atoms with Gasteiger partial charge in [0.2, 0.25) is 0 Å². The van der Waals surface area contributed by atoms with Crippen molar-refractivity contribution in [3.8, 4) is 0 Å². The second kappa shape index (κ2) is 19.0. The third-order valence-electron chi connectivity index (χ3n) is 5.29. The van der Waals surface area contributed by atoms with Gasteiger partial charge in [-0.2, -0.15) is 0 Å². The number of hydrogen-bond acceptors (Lipinski definition) is 3. The van der Waals surface area contributed by atoms with Gasteiger partial charge in [0, 0.05) is 6.54 Å². The normalized spacial score (nSPS) is 13.2. The van der Waals surface area contributed by atoms with Crippen LogP contribution in [0.3, 0.4) is 0 Å². The molecule has 0 aliphatic heterocycles. The molecule has 0 fully saturated rings. The Bertz CT molecular complexity index is 380. The molecular formula is C22H41NO2S. The summed E-state index contributed by atoms with van der Waals surface area (Å²) in [6.07, 6.45) is 17.9. The van der Waals surface area contributed by atoms with Gasteiger partial charge in [-0.3, -0.25) is 4.79 Å². The Morgan fingerprint density at radius 3 is 2.04 bits per heavy atom. The Morgan fingerprint density at radius 1 is 0.885 bits per heavy atom. The number of carboxylic acid groups (broad SMARTS) is 1. The molecule has 4 heteroatoms. The first kappa shape index (κ1) is 25.3. The predicted molar refractivity (Wildman–Crippen MR) is 115 cm³/mol. The third-order valence-corrected chi connectivity index (χ3v) is 5.42. The minimum atomic E-state index is -0.640. The Kier molecular flexibility index (Phi) is 18.5. The molecule has 0 aliphatic rings. The van der Waals surface area contributed by atoms with Gasteiger partial charge in [0.05, 0.1) is 11.1 Å². The number of unbranched alkanes of at least 4 members (excludes halogenated alkanes) is 9. The molecule has 0 radical (unpaired) electrons. The van der Waals surface area contributed by atoms with Gasteiger partial charge in [-0.1, -0.05) is 84.5 Å². The number of carboxylic acids is 1. The van der Waals surface area contributed by atoms with Gasteiger partial charge in [-0.15, -0.1) is 0 Å². The fourth-order valence-corrected chi connectivity index (χ4v) is 3.54. The molecule has 0 spiro atoms. The van der Waals surface area contributed by atoms with Gasteiger partial charge in [0.1, 0.15) is 0 Å². The third kappa shape index (κ3) is 16.7. The molecule has 0 amide bonds. The topological polar surface area (TPSA) is 49.7 Å². The standard InChI is InChI=1S/C22H41NO2S/c1-3-4-5-6-7-8-9-10-11-14-20(2)16-17-21(22(24)25)15-12-13-18-23-19-26/h20-21H,3-18H2,1-2H3,(H,24,25). The summed E-state index contributed by atoms with van der Waals surface area (Å²) in [5, 5.41) is 11.7. The molecule has 2 atom stereocenters. The molecule has 0 saturated heterocycles. The van der Waals surface area contributed by atoms with Gasteiger partial charge in [-0.05, 0) is 43.8 Å². The van der Waals surface area contributed by atoms with E-state index < -0.39 is 5.97 Å². The van der Waals surface area contributed by atoms with Crippen molar-refractivity contribution < 1.29 is 9.90 Å². The number of isothiocyanates is 1. The smallest absolute Gasteiger partial charge is 0.306 e. The lowest BCUT2D eigenvalue weighted by Crippen LogP contribution is -2.15. The van der Waals surface area contributed by atoms with Crippen LogP contribution in [0.2, 0.25) is 0 Å². The minimum absolute atomic E-state index is 0.197. The zero-order valence-electron chi connectivity index (χ0n) is 17.2. The maximum Gasteiger partial charge on any atom is 0.306 e. The van der Waals surface area contributed by atoms with E-state index in [1.807, 2.05) is 0 Å². The molecule has 0 aromatic heterocycles. The zero-order chi connectivity index (χ0) is 19.5. The molecule has 0 bridgehead atoms. The molecule has 0 rings (SSSR count). The number of rotatable bonds is 19. The van der Waals surface area contributed by atoms with Gasteiger partial charge >= 0.3 is 5.97 Å². The first-order valence-electron chi connectivity index (χ1n) is 10.9. The van der Waals surface area contributed by atoms with Crippen molar-refractivity contribution in [2.24, 2.45) is 16.8 Å². The minimum Gasteiger partial charge on any atom is -0.481 e. The molecule has 26 heavy (non-hydrogen) atoms. The van der Waals surface area contributed by atoms with Crippen LogP contribution in [-0.4, -0.2) is 22.8 Å². The Labute approximate surface area is 167 Å². The van der Waals surface area contributed by atoms with Crippen molar-refractivity contribution >= 4 is 23.3 Å². The van der Waals surface area contributed by atoms with E-state index in [4.69, 9.17) is 0 Å². The summed E-state index contributed by atoms with van der Waals surface area (Å²) >= 11 is 4.53. The first-order valence-corrected chi connectivity index (χ1v) is 11.3. The molecule has 0 heterocycles. The maximum atomic E-state index is 11.4. The molecule has 3 nitrogen and oxygen atoms in total. The molecule has 0 saturated carbocycles. The summed E-state index contributed by atoms with van der Waals surface area (Å²) in [6, 6.07) is 0. The molecule has 152 valence electrons. The largest absolute Gasteiger partial charge is 0.481 e. The highest BCUT2D eigenvalue weighted by Crippen LogP contribution is 2.22. The van der Waals surface area contributed by atoms with Gasteiger partial charge < -0.3 is 5.11 Å². The van der Waals surface area contributed by atoms with Crippen LogP contribution in [0.15, 0.2) is 4.99 Å². The summed E-state index contributed by atoms with van der Waals surface area (Å²) in [4.78, 5) is 15.3. The number of aliphatic carboxylic acids is 1. The summed E-state index contributed by atoms with van der Waals surface area (Å²) in [6.45, 7) is 5.21. The summed E-state index contributed by atoms with van der Waals surface area (Å²) in [5.74, 6) is -0.198. The fourth-order valence-electron chi connectivity index (χ4n) is 3.45. The number of hydrogen-bond donors (Lipinski definition) is 1. The number of nitrogens with zero attached hydrogens (tertiary/aromatic N) is 1. The van der Waals surface area contributed by atoms with Crippen molar-refractivity contribution in [2.45, 2.75) is 110 Å². The van der Waals surface area contributed by atoms with E-state index in [0.717, 1.165) is 32.1 Å². The molecular weight excluding hydrogens is 342 g/mol. The van der Waals surface area contributed by atoms with E-state index in [1.54, 1.807) is 0 Å². The van der Waals surface area contributed by atoms with Crippen molar-refractivity contribution in [3.63, 3.8) is 0 Å². The highest BCUT2D eigenvalue weighted by atomic mass is 32.1. The average Bonchev–Trinajstić information content (AvgIpc) is 2.62. The number of carbonyl (C=O) groups is 1. The molecule has 1 N–H and O–H groups in total. The van der Waals surface area contributed by atoms with Crippen LogP contribution in [0.25, 0.3) is 0 Å². The monoisotopic (exact) mass is 383 g/mol. The van der Waals surface area contributed by atoms with Crippen LogP contribution in [0, 0.1) is 11.8 Å². The molecule has 2 unspecified atom stereocenters. The highest BCUT2D eigenvalue weighted by molar-refractivity contribution is 7.78. The number of aliphatic imine (C=N–C) groups is 1. The van der Waals surface area contributed by atoms with Gasteiger partial charge in [0.15, 0.2) is 0 Å². The van der Waals surface area contributed by atoms with Crippen molar-refractivity contribution in [1.29, 1.82) is 0 Å². The highest BCUT2D eigenvalue weighted by Gasteiger charge is 2.17. The lowest BCUT2D eigenvalue weighted by molar-refractivity contribution is -0.142. The lowest BCUT2D eigenvalue weighted by Gasteiger charge is -2.16. The summed E-state index contributed by atoms with van der Waals surface area (Å²) < 4.78 is 0. The molecule has 0 aromatic rings.